The largest absolute Gasteiger partial charge is 0.383 e. The summed E-state index contributed by atoms with van der Waals surface area (Å²) in [6, 6.07) is 0.0639. The van der Waals surface area contributed by atoms with Gasteiger partial charge in [-0.05, 0) is 13.8 Å². The van der Waals surface area contributed by atoms with E-state index in [2.05, 4.69) is 21.1 Å². The summed E-state index contributed by atoms with van der Waals surface area (Å²) in [6.07, 6.45) is 0. The molecule has 7 nitrogen and oxygen atoms in total. The lowest BCUT2D eigenvalue weighted by Crippen LogP contribution is -2.47. The fourth-order valence-electron chi connectivity index (χ4n) is 1.06. The summed E-state index contributed by atoms with van der Waals surface area (Å²) in [7, 11) is 1.61. The SMILES string of the molecule is CCNC(=O)CN=C(NN)NC(C)COC. The van der Waals surface area contributed by atoms with Crippen molar-refractivity contribution in [2.45, 2.75) is 19.9 Å². The second-order valence-corrected chi connectivity index (χ2v) is 3.26. The highest BCUT2D eigenvalue weighted by molar-refractivity contribution is 5.84. The van der Waals surface area contributed by atoms with Gasteiger partial charge in [-0.2, -0.15) is 0 Å². The van der Waals surface area contributed by atoms with Crippen LogP contribution in [0, 0.1) is 0 Å². The van der Waals surface area contributed by atoms with Crippen LogP contribution in [0.4, 0.5) is 0 Å². The number of nitrogens with two attached hydrogens (primary N) is 1. The Balaban J connectivity index is 4.05. The zero-order valence-corrected chi connectivity index (χ0v) is 10.0. The maximum absolute atomic E-state index is 11.1. The molecule has 0 fully saturated rings. The van der Waals surface area contributed by atoms with Gasteiger partial charge in [-0.3, -0.25) is 10.2 Å². The maximum atomic E-state index is 11.1. The standard InChI is InChI=1S/C9H21N5O2/c1-4-11-8(15)5-12-9(14-10)13-7(2)6-16-3/h7H,4-6,10H2,1-3H3,(H,11,15)(H2,12,13,14). The van der Waals surface area contributed by atoms with Gasteiger partial charge >= 0.3 is 0 Å². The molecule has 1 atom stereocenters. The Morgan fingerprint density at radius 2 is 2.25 bits per heavy atom. The molecule has 0 aromatic carbocycles. The number of hydrazine groups is 1. The number of carbonyl (C=O) groups excluding carboxylic acids is 1. The van der Waals surface area contributed by atoms with Crippen molar-refractivity contribution in [2.24, 2.45) is 10.8 Å². The van der Waals surface area contributed by atoms with Gasteiger partial charge in [0.15, 0.2) is 0 Å². The van der Waals surface area contributed by atoms with Gasteiger partial charge < -0.3 is 15.4 Å². The van der Waals surface area contributed by atoms with Crippen LogP contribution in [0.5, 0.6) is 0 Å². The van der Waals surface area contributed by atoms with Gasteiger partial charge in [-0.1, -0.05) is 0 Å². The van der Waals surface area contributed by atoms with Crippen molar-refractivity contribution in [1.29, 1.82) is 0 Å². The van der Waals surface area contributed by atoms with Crippen LogP contribution in [-0.4, -0.2) is 44.7 Å². The Hall–Kier alpha value is -1.34. The first-order valence-corrected chi connectivity index (χ1v) is 5.17. The molecule has 0 radical (unpaired) electrons. The summed E-state index contributed by atoms with van der Waals surface area (Å²) in [5.74, 6) is 5.49. The lowest BCUT2D eigenvalue weighted by molar-refractivity contribution is -0.119. The van der Waals surface area contributed by atoms with Gasteiger partial charge in [0.1, 0.15) is 6.54 Å². The minimum Gasteiger partial charge on any atom is -0.383 e. The fourth-order valence-corrected chi connectivity index (χ4v) is 1.06. The number of hydrogen-bond donors (Lipinski definition) is 4. The van der Waals surface area contributed by atoms with Crippen LogP contribution in [0.2, 0.25) is 0 Å². The van der Waals surface area contributed by atoms with E-state index in [9.17, 15) is 4.79 Å². The zero-order valence-electron chi connectivity index (χ0n) is 10.0. The van der Waals surface area contributed by atoms with E-state index >= 15 is 0 Å². The van der Waals surface area contributed by atoms with E-state index in [1.807, 2.05) is 13.8 Å². The molecule has 7 heteroatoms. The summed E-state index contributed by atoms with van der Waals surface area (Å²) in [5.41, 5.74) is 2.39. The highest BCUT2D eigenvalue weighted by atomic mass is 16.5. The summed E-state index contributed by atoms with van der Waals surface area (Å²) < 4.78 is 4.95. The van der Waals surface area contributed by atoms with Crippen LogP contribution >= 0.6 is 0 Å². The molecule has 5 N–H and O–H groups in total. The summed E-state index contributed by atoms with van der Waals surface area (Å²) in [4.78, 5) is 15.1. The monoisotopic (exact) mass is 231 g/mol. The smallest absolute Gasteiger partial charge is 0.241 e. The number of nitrogens with one attached hydrogen (secondary N) is 3. The number of amides is 1. The van der Waals surface area contributed by atoms with Crippen molar-refractivity contribution in [3.8, 4) is 0 Å². The molecule has 0 aliphatic heterocycles. The lowest BCUT2D eigenvalue weighted by Gasteiger charge is -2.15. The molecule has 0 aromatic heterocycles. The molecule has 1 amide bonds. The average molecular weight is 231 g/mol. The number of guanidine groups is 1. The second kappa shape index (κ2) is 8.93. The summed E-state index contributed by atoms with van der Waals surface area (Å²) in [6.45, 7) is 4.93. The van der Waals surface area contributed by atoms with E-state index in [0.29, 0.717) is 19.1 Å². The first-order valence-electron chi connectivity index (χ1n) is 5.17. The quantitative estimate of drug-likeness (QED) is 0.194. The number of aliphatic imine (C=N–C) groups is 1. The summed E-state index contributed by atoms with van der Waals surface area (Å²) in [5, 5.41) is 5.61. The highest BCUT2D eigenvalue weighted by Crippen LogP contribution is 1.82. The first-order chi connectivity index (χ1) is 7.63. The molecule has 0 bridgehead atoms. The van der Waals surface area contributed by atoms with Gasteiger partial charge in [0, 0.05) is 19.7 Å². The van der Waals surface area contributed by atoms with Crippen LogP contribution in [0.15, 0.2) is 4.99 Å². The van der Waals surface area contributed by atoms with E-state index in [1.54, 1.807) is 7.11 Å². The number of nitrogens with zero attached hydrogens (tertiary/aromatic N) is 1. The minimum atomic E-state index is -0.142. The minimum absolute atomic E-state index is 0.0417. The molecule has 0 aromatic rings. The lowest BCUT2D eigenvalue weighted by atomic mass is 10.4. The third-order valence-corrected chi connectivity index (χ3v) is 1.69. The number of ether oxygens (including phenoxy) is 1. The summed E-state index contributed by atoms with van der Waals surface area (Å²) >= 11 is 0. The predicted molar refractivity (Wildman–Crippen MR) is 62.8 cm³/mol. The third kappa shape index (κ3) is 7.02. The number of likely N-dealkylation sites (N-methyl/N-ethyl adjacent to an activating group) is 1. The van der Waals surface area contributed by atoms with Gasteiger partial charge in [0.2, 0.25) is 11.9 Å². The Morgan fingerprint density at radius 1 is 1.56 bits per heavy atom. The van der Waals surface area contributed by atoms with Gasteiger partial charge in [-0.15, -0.1) is 0 Å². The van der Waals surface area contributed by atoms with Gasteiger partial charge in [0.05, 0.1) is 6.61 Å². The maximum Gasteiger partial charge on any atom is 0.241 e. The molecule has 0 heterocycles. The van der Waals surface area contributed by atoms with Gasteiger partial charge in [0.25, 0.3) is 0 Å². The van der Waals surface area contributed by atoms with Gasteiger partial charge in [-0.25, -0.2) is 10.8 Å². The Bertz CT molecular complexity index is 232. The molecule has 0 saturated carbocycles. The van der Waals surface area contributed by atoms with E-state index in [0.717, 1.165) is 0 Å². The molecular formula is C9H21N5O2. The average Bonchev–Trinajstić information content (AvgIpc) is 2.25. The number of hydrogen-bond acceptors (Lipinski definition) is 4. The van der Waals surface area contributed by atoms with Crippen molar-refractivity contribution in [3.05, 3.63) is 0 Å². The van der Waals surface area contributed by atoms with Crippen LogP contribution < -0.4 is 21.9 Å². The Morgan fingerprint density at radius 3 is 2.75 bits per heavy atom. The molecule has 0 aliphatic carbocycles. The van der Waals surface area contributed by atoms with Crippen LogP contribution in [-0.2, 0) is 9.53 Å². The zero-order chi connectivity index (χ0) is 12.4. The molecule has 1 unspecified atom stereocenters. The van der Waals surface area contributed by atoms with E-state index in [4.69, 9.17) is 10.6 Å². The Kier molecular flexibility index (Phi) is 8.18. The van der Waals surface area contributed by atoms with E-state index in [1.165, 1.54) is 0 Å². The van der Waals surface area contributed by atoms with Crippen molar-refractivity contribution in [1.82, 2.24) is 16.1 Å². The normalized spacial score (nSPS) is 13.1. The highest BCUT2D eigenvalue weighted by Gasteiger charge is 2.04. The third-order valence-electron chi connectivity index (χ3n) is 1.69. The van der Waals surface area contributed by atoms with Crippen molar-refractivity contribution in [2.75, 3.05) is 26.8 Å². The molecule has 0 saturated heterocycles. The fraction of sp³-hybridized carbons (Fsp3) is 0.778. The van der Waals surface area contributed by atoms with E-state index in [-0.39, 0.29) is 18.5 Å². The molecule has 16 heavy (non-hydrogen) atoms. The number of rotatable bonds is 6. The van der Waals surface area contributed by atoms with Crippen LogP contribution in [0.3, 0.4) is 0 Å². The first kappa shape index (κ1) is 14.7. The molecule has 0 rings (SSSR count). The number of carbonyl (C=O) groups is 1. The Labute approximate surface area is 95.8 Å². The van der Waals surface area contributed by atoms with Crippen LogP contribution in [0.1, 0.15) is 13.8 Å². The molecule has 0 aliphatic rings. The van der Waals surface area contributed by atoms with E-state index < -0.39 is 0 Å². The molecular weight excluding hydrogens is 210 g/mol. The van der Waals surface area contributed by atoms with Crippen molar-refractivity contribution < 1.29 is 9.53 Å². The molecule has 0 spiro atoms. The predicted octanol–water partition coefficient (Wildman–Crippen LogP) is -1.43. The second-order valence-electron chi connectivity index (χ2n) is 3.26. The van der Waals surface area contributed by atoms with Crippen molar-refractivity contribution >= 4 is 11.9 Å². The molecule has 94 valence electrons. The van der Waals surface area contributed by atoms with Crippen molar-refractivity contribution in [3.63, 3.8) is 0 Å². The topological polar surface area (TPSA) is 101 Å². The number of methoxy groups -OCH3 is 1. The van der Waals surface area contributed by atoms with Crippen LogP contribution in [0.25, 0.3) is 0 Å².